The van der Waals surface area contributed by atoms with Gasteiger partial charge in [-0.15, -0.1) is 0 Å². The van der Waals surface area contributed by atoms with E-state index < -0.39 is 21.2 Å². The molecular weight excluding hydrogens is 474 g/mol. The van der Waals surface area contributed by atoms with E-state index in [9.17, 15) is 26.8 Å². The number of Topliss-reactive ketones (excluding diaryl/α,β-unsaturated/α-hetero) is 1. The Morgan fingerprint density at radius 3 is 2.34 bits per heavy atom. The molecule has 0 aliphatic carbocycles. The van der Waals surface area contributed by atoms with E-state index in [-0.39, 0.29) is 41.0 Å². The van der Waals surface area contributed by atoms with E-state index in [2.05, 4.69) is 0 Å². The lowest BCUT2D eigenvalue weighted by atomic mass is 9.78. The van der Waals surface area contributed by atoms with Crippen molar-refractivity contribution in [2.24, 2.45) is 5.41 Å². The molecule has 2 heterocycles. The van der Waals surface area contributed by atoms with Gasteiger partial charge in [0, 0.05) is 30.5 Å². The molecule has 0 unspecified atom stereocenters. The number of benzene rings is 2. The second-order valence-corrected chi connectivity index (χ2v) is 12.6. The Labute approximate surface area is 203 Å². The molecule has 2 aromatic carbocycles. The minimum Gasteiger partial charge on any atom is -0.294 e. The summed E-state index contributed by atoms with van der Waals surface area (Å²) in [5, 5.41) is 0. The van der Waals surface area contributed by atoms with Crippen LogP contribution in [0, 0.1) is 5.41 Å². The van der Waals surface area contributed by atoms with Crippen LogP contribution in [0.4, 0.5) is 8.78 Å². The molecule has 6 nitrogen and oxygen atoms in total. The van der Waals surface area contributed by atoms with Crippen LogP contribution in [0.3, 0.4) is 0 Å². The number of nitrogens with zero attached hydrogens (tertiary/aromatic N) is 2. The topological polar surface area (TPSA) is 78.1 Å². The van der Waals surface area contributed by atoms with Gasteiger partial charge < -0.3 is 0 Å². The summed E-state index contributed by atoms with van der Waals surface area (Å²) in [7, 11) is -3.04. The van der Waals surface area contributed by atoms with Crippen LogP contribution in [0.1, 0.15) is 68.9 Å². The number of carbonyl (C=O) groups excluding carboxylic acids is 1. The summed E-state index contributed by atoms with van der Waals surface area (Å²) in [5.41, 5.74) is 0.864. The molecule has 9 heteroatoms. The third kappa shape index (κ3) is 4.96. The van der Waals surface area contributed by atoms with Gasteiger partial charge in [-0.3, -0.25) is 13.9 Å². The largest absolute Gasteiger partial charge is 0.333 e. The average molecular weight is 505 g/mol. The third-order valence-corrected chi connectivity index (χ3v) is 8.60. The fraction of sp³-hybridized carbons (Fsp3) is 0.462. The first-order valence-corrected chi connectivity index (χ1v) is 13.5. The third-order valence-electron chi connectivity index (χ3n) is 6.94. The number of halogens is 2. The summed E-state index contributed by atoms with van der Waals surface area (Å²) in [6.07, 6.45) is 1.10. The molecule has 1 aliphatic rings. The summed E-state index contributed by atoms with van der Waals surface area (Å²) in [6.45, 7) is 6.45. The molecular formula is C26H30F2N2O4S. The number of hydrogen-bond donors (Lipinski definition) is 0. The summed E-state index contributed by atoms with van der Waals surface area (Å²) in [4.78, 5) is 26.6. The lowest BCUT2D eigenvalue weighted by Gasteiger charge is -2.32. The standard InChI is InChI=1S/C26H30F2N2O4S/c1-17(2)29-22-14-18(23(31)16-25(3)10-12-35(33,34)13-11-25)8-9-21(22)30(24(29)32)20-7-5-6-19(15-20)26(4,27)28/h5-9,14-15,17H,10-13,16H2,1-4H3. The number of imidazole rings is 1. The Kier molecular flexibility index (Phi) is 6.28. The highest BCUT2D eigenvalue weighted by Crippen LogP contribution is 2.37. The number of fused-ring (bicyclic) bond motifs is 1. The summed E-state index contributed by atoms with van der Waals surface area (Å²) in [6, 6.07) is 10.5. The molecule has 188 valence electrons. The first-order chi connectivity index (χ1) is 16.2. The quantitative estimate of drug-likeness (QED) is 0.429. The van der Waals surface area contributed by atoms with Crippen LogP contribution in [-0.4, -0.2) is 34.8 Å². The van der Waals surface area contributed by atoms with E-state index in [0.717, 1.165) is 6.92 Å². The summed E-state index contributed by atoms with van der Waals surface area (Å²) < 4.78 is 54.4. The molecule has 0 spiro atoms. The van der Waals surface area contributed by atoms with Crippen LogP contribution in [0.5, 0.6) is 0 Å². The minimum atomic E-state index is -3.05. The van der Waals surface area contributed by atoms with Crippen molar-refractivity contribution in [2.45, 2.75) is 58.9 Å². The molecule has 1 aromatic heterocycles. The number of hydrogen-bond acceptors (Lipinski definition) is 4. The van der Waals surface area contributed by atoms with Gasteiger partial charge in [-0.05, 0) is 62.4 Å². The fourth-order valence-electron chi connectivity index (χ4n) is 4.76. The number of rotatable bonds is 6. The molecule has 0 bridgehead atoms. The van der Waals surface area contributed by atoms with Crippen LogP contribution in [0.2, 0.25) is 0 Å². The molecule has 1 fully saturated rings. The molecule has 0 atom stereocenters. The molecule has 0 N–H and O–H groups in total. The monoisotopic (exact) mass is 504 g/mol. The smallest absolute Gasteiger partial charge is 0.294 e. The number of sulfone groups is 1. The highest BCUT2D eigenvalue weighted by atomic mass is 32.2. The van der Waals surface area contributed by atoms with Crippen LogP contribution in [-0.2, 0) is 15.8 Å². The van der Waals surface area contributed by atoms with Gasteiger partial charge in [-0.25, -0.2) is 22.0 Å². The zero-order valence-corrected chi connectivity index (χ0v) is 21.2. The lowest BCUT2D eigenvalue weighted by Crippen LogP contribution is -2.33. The van der Waals surface area contributed by atoms with Gasteiger partial charge in [0.25, 0.3) is 5.92 Å². The number of carbonyl (C=O) groups is 1. The molecule has 4 rings (SSSR count). The maximum absolute atomic E-state index is 13.9. The second-order valence-electron chi connectivity index (χ2n) is 10.3. The van der Waals surface area contributed by atoms with Gasteiger partial charge >= 0.3 is 5.69 Å². The van der Waals surface area contributed by atoms with Crippen molar-refractivity contribution < 1.29 is 22.0 Å². The van der Waals surface area contributed by atoms with Gasteiger partial charge in [0.05, 0.1) is 28.2 Å². The molecule has 3 aromatic rings. The van der Waals surface area contributed by atoms with Gasteiger partial charge in [0.2, 0.25) is 0 Å². The predicted octanol–water partition coefficient (Wildman–Crippen LogP) is 5.27. The molecule has 0 saturated carbocycles. The van der Waals surface area contributed by atoms with Crippen molar-refractivity contribution in [1.29, 1.82) is 0 Å². The maximum Gasteiger partial charge on any atom is 0.333 e. The van der Waals surface area contributed by atoms with Crippen LogP contribution < -0.4 is 5.69 Å². The predicted molar refractivity (Wildman–Crippen MR) is 132 cm³/mol. The Morgan fingerprint density at radius 2 is 1.74 bits per heavy atom. The number of aromatic nitrogens is 2. The first kappa shape index (κ1) is 25.3. The SMILES string of the molecule is CC(C)n1c(=O)n(-c2cccc(C(C)(F)F)c2)c2ccc(C(=O)CC3(C)CCS(=O)(=O)CC3)cc21. The van der Waals surface area contributed by atoms with E-state index in [1.54, 1.807) is 28.8 Å². The Hall–Kier alpha value is -2.81. The maximum atomic E-state index is 13.9. The van der Waals surface area contributed by atoms with Crippen molar-refractivity contribution in [3.8, 4) is 5.69 Å². The van der Waals surface area contributed by atoms with Crippen molar-refractivity contribution in [1.82, 2.24) is 9.13 Å². The Balaban J connectivity index is 1.77. The van der Waals surface area contributed by atoms with Crippen molar-refractivity contribution in [3.05, 3.63) is 64.1 Å². The molecule has 1 saturated heterocycles. The fourth-order valence-corrected chi connectivity index (χ4v) is 6.57. The van der Waals surface area contributed by atoms with Gasteiger partial charge in [0.1, 0.15) is 9.84 Å². The normalized spacial score (nSPS) is 17.7. The molecule has 35 heavy (non-hydrogen) atoms. The van der Waals surface area contributed by atoms with Crippen molar-refractivity contribution in [3.63, 3.8) is 0 Å². The minimum absolute atomic E-state index is 0.0847. The highest BCUT2D eigenvalue weighted by Gasteiger charge is 2.35. The van der Waals surface area contributed by atoms with E-state index in [0.29, 0.717) is 35.1 Å². The highest BCUT2D eigenvalue weighted by molar-refractivity contribution is 7.91. The Morgan fingerprint density at radius 1 is 1.09 bits per heavy atom. The van der Waals surface area contributed by atoms with E-state index in [4.69, 9.17) is 0 Å². The van der Waals surface area contributed by atoms with Crippen LogP contribution in [0.15, 0.2) is 47.3 Å². The van der Waals surface area contributed by atoms with Crippen molar-refractivity contribution >= 4 is 26.7 Å². The zero-order chi connectivity index (χ0) is 25.8. The lowest BCUT2D eigenvalue weighted by molar-refractivity contribution is 0.0174. The zero-order valence-electron chi connectivity index (χ0n) is 20.3. The van der Waals surface area contributed by atoms with E-state index in [1.165, 1.54) is 22.8 Å². The number of ketones is 1. The van der Waals surface area contributed by atoms with Crippen LogP contribution in [0.25, 0.3) is 16.7 Å². The van der Waals surface area contributed by atoms with E-state index >= 15 is 0 Å². The summed E-state index contributed by atoms with van der Waals surface area (Å²) >= 11 is 0. The summed E-state index contributed by atoms with van der Waals surface area (Å²) in [5.74, 6) is -3.00. The van der Waals surface area contributed by atoms with Crippen LogP contribution >= 0.6 is 0 Å². The second kappa shape index (κ2) is 8.69. The number of alkyl halides is 2. The average Bonchev–Trinajstić information content (AvgIpc) is 3.06. The Bertz CT molecular complexity index is 1450. The first-order valence-electron chi connectivity index (χ1n) is 11.7. The molecule has 0 radical (unpaired) electrons. The van der Waals surface area contributed by atoms with Gasteiger partial charge in [0.15, 0.2) is 5.78 Å². The van der Waals surface area contributed by atoms with Gasteiger partial charge in [-0.1, -0.05) is 19.1 Å². The molecule has 0 amide bonds. The van der Waals surface area contributed by atoms with Gasteiger partial charge in [-0.2, -0.15) is 0 Å². The molecule has 1 aliphatic heterocycles. The van der Waals surface area contributed by atoms with Crippen molar-refractivity contribution in [2.75, 3.05) is 11.5 Å². The van der Waals surface area contributed by atoms with E-state index in [1.807, 2.05) is 20.8 Å².